The molecule has 1 aliphatic rings. The fraction of sp³-hybridized carbons (Fsp3) is 0.391. The van der Waals surface area contributed by atoms with Crippen LogP contribution in [0, 0.1) is 0 Å². The maximum atomic E-state index is 11.7. The normalized spacial score (nSPS) is 14.9. The van der Waals surface area contributed by atoms with Crippen molar-refractivity contribution in [3.63, 3.8) is 0 Å². The fourth-order valence-electron chi connectivity index (χ4n) is 2.93. The van der Waals surface area contributed by atoms with Crippen LogP contribution < -0.4 is 22.8 Å². The molecule has 2 aromatic rings. The molecule has 2 heterocycles. The summed E-state index contributed by atoms with van der Waals surface area (Å²) in [5.74, 6) is 0.706. The third kappa shape index (κ3) is 7.49. The zero-order chi connectivity index (χ0) is 23.2. The summed E-state index contributed by atoms with van der Waals surface area (Å²) in [7, 11) is 1.58. The summed E-state index contributed by atoms with van der Waals surface area (Å²) in [6.45, 7) is 7.81. The van der Waals surface area contributed by atoms with Crippen LogP contribution in [0.15, 0.2) is 53.2 Å². The van der Waals surface area contributed by atoms with E-state index in [4.69, 9.17) is 17.2 Å². The average Bonchev–Trinajstić information content (AvgIpc) is 3.21. The van der Waals surface area contributed by atoms with Crippen LogP contribution in [-0.4, -0.2) is 38.4 Å². The van der Waals surface area contributed by atoms with Gasteiger partial charge in [0.15, 0.2) is 0 Å². The SMILES string of the molecule is CC(C)(C)N.Cn1ncc(-c2ccc(/C(N)=C/C=C(\N)N3CCCC3)c(O)c2)cc1=O. The van der Waals surface area contributed by atoms with Crippen LogP contribution in [0.5, 0.6) is 5.75 Å². The van der Waals surface area contributed by atoms with E-state index in [9.17, 15) is 9.90 Å². The van der Waals surface area contributed by atoms with E-state index in [2.05, 4.69) is 10.00 Å². The van der Waals surface area contributed by atoms with Gasteiger partial charge >= 0.3 is 0 Å². The minimum absolute atomic E-state index is 0. The van der Waals surface area contributed by atoms with Gasteiger partial charge < -0.3 is 27.2 Å². The highest BCUT2D eigenvalue weighted by Gasteiger charge is 2.12. The number of aryl methyl sites for hydroxylation is 1. The lowest BCUT2D eigenvalue weighted by Crippen LogP contribution is -2.26. The second-order valence-corrected chi connectivity index (χ2v) is 8.71. The number of hydrogen-bond acceptors (Lipinski definition) is 7. The van der Waals surface area contributed by atoms with Crippen LogP contribution in [0.4, 0.5) is 0 Å². The summed E-state index contributed by atoms with van der Waals surface area (Å²) >= 11 is 0. The second kappa shape index (κ2) is 10.2. The number of aromatic nitrogens is 2. The molecule has 8 nitrogen and oxygen atoms in total. The Morgan fingerprint density at radius 2 is 1.71 bits per heavy atom. The van der Waals surface area contributed by atoms with E-state index in [1.807, 2.05) is 20.8 Å². The Labute approximate surface area is 183 Å². The second-order valence-electron chi connectivity index (χ2n) is 8.71. The van der Waals surface area contributed by atoms with E-state index >= 15 is 0 Å². The third-order valence-electron chi connectivity index (χ3n) is 4.51. The molecule has 1 fully saturated rings. The Kier molecular flexibility index (Phi) is 7.88. The van der Waals surface area contributed by atoms with E-state index in [1.54, 1.807) is 43.6 Å². The molecule has 31 heavy (non-hydrogen) atoms. The number of rotatable bonds is 4. The lowest BCUT2D eigenvalue weighted by molar-refractivity contribution is 0.422. The predicted molar refractivity (Wildman–Crippen MR) is 126 cm³/mol. The monoisotopic (exact) mass is 426 g/mol. The van der Waals surface area contributed by atoms with Crippen LogP contribution in [0.2, 0.25) is 0 Å². The molecule has 8 heteroatoms. The van der Waals surface area contributed by atoms with Crippen LogP contribution in [0.25, 0.3) is 16.8 Å². The summed E-state index contributed by atoms with van der Waals surface area (Å²) in [4.78, 5) is 13.8. The van der Waals surface area contributed by atoms with Crippen LogP contribution in [0.1, 0.15) is 39.2 Å². The van der Waals surface area contributed by atoms with Gasteiger partial charge in [-0.25, -0.2) is 4.68 Å². The standard InChI is InChI=1S/C19H23N5O2.C4H11N/c1-23-19(26)11-14(12-22-23)13-4-5-15(17(25)10-13)16(20)6-7-18(21)24-8-2-3-9-24;1-4(2,3)5/h4-7,10-12,25H,2-3,8-9,20-21H2,1H3;5H2,1-3H3/b16-6-,18-7+;. The van der Waals surface area contributed by atoms with Gasteiger partial charge in [0, 0.05) is 48.6 Å². The van der Waals surface area contributed by atoms with Crippen LogP contribution in [-0.2, 0) is 7.05 Å². The van der Waals surface area contributed by atoms with Crippen molar-refractivity contribution >= 4 is 5.70 Å². The molecular formula is C23H34N6O2. The highest BCUT2D eigenvalue weighted by Crippen LogP contribution is 2.28. The molecule has 0 atom stereocenters. The number of nitrogens with zero attached hydrogens (tertiary/aromatic N) is 3. The van der Waals surface area contributed by atoms with Crippen molar-refractivity contribution in [1.82, 2.24) is 14.7 Å². The number of aromatic hydroxyl groups is 1. The molecule has 0 bridgehead atoms. The number of phenols is 1. The first-order valence-corrected chi connectivity index (χ1v) is 10.3. The largest absolute Gasteiger partial charge is 0.507 e. The molecule has 168 valence electrons. The Morgan fingerprint density at radius 1 is 1.10 bits per heavy atom. The van der Waals surface area contributed by atoms with Crippen molar-refractivity contribution in [2.75, 3.05) is 13.1 Å². The Hall–Kier alpha value is -3.26. The van der Waals surface area contributed by atoms with Crippen molar-refractivity contribution in [2.45, 2.75) is 39.2 Å². The molecular weight excluding hydrogens is 392 g/mol. The number of allylic oxidation sites excluding steroid dienone is 2. The highest BCUT2D eigenvalue weighted by molar-refractivity contribution is 5.74. The quantitative estimate of drug-likeness (QED) is 0.550. The van der Waals surface area contributed by atoms with Gasteiger partial charge in [0.2, 0.25) is 0 Å². The van der Waals surface area contributed by atoms with Crippen molar-refractivity contribution < 1.29 is 5.11 Å². The summed E-state index contributed by atoms with van der Waals surface area (Å²) in [5, 5.41) is 14.3. The van der Waals surface area contributed by atoms with E-state index in [1.165, 1.54) is 10.7 Å². The van der Waals surface area contributed by atoms with Crippen molar-refractivity contribution in [2.24, 2.45) is 24.2 Å². The lowest BCUT2D eigenvalue weighted by atomic mass is 10.0. The van der Waals surface area contributed by atoms with Gasteiger partial charge in [-0.2, -0.15) is 5.10 Å². The predicted octanol–water partition coefficient (Wildman–Crippen LogP) is 2.09. The number of likely N-dealkylation sites (tertiary alicyclic amines) is 1. The third-order valence-corrected chi connectivity index (χ3v) is 4.51. The molecule has 1 aromatic carbocycles. The fourth-order valence-corrected chi connectivity index (χ4v) is 2.93. The Bertz CT molecular complexity index is 1010. The molecule has 3 rings (SSSR count). The number of hydrogen-bond donors (Lipinski definition) is 4. The first-order valence-electron chi connectivity index (χ1n) is 10.3. The zero-order valence-electron chi connectivity index (χ0n) is 18.8. The Balaban J connectivity index is 0.000000614. The minimum Gasteiger partial charge on any atom is -0.507 e. The van der Waals surface area contributed by atoms with Crippen LogP contribution in [0.3, 0.4) is 0 Å². The van der Waals surface area contributed by atoms with E-state index in [0.29, 0.717) is 28.2 Å². The van der Waals surface area contributed by atoms with Gasteiger partial charge in [-0.3, -0.25) is 4.79 Å². The molecule has 0 aliphatic carbocycles. The van der Waals surface area contributed by atoms with E-state index in [-0.39, 0.29) is 16.8 Å². The molecule has 0 radical (unpaired) electrons. The first kappa shape index (κ1) is 24.0. The Morgan fingerprint density at radius 3 is 2.26 bits per heavy atom. The number of nitrogens with two attached hydrogens (primary N) is 3. The molecule has 1 aliphatic heterocycles. The van der Waals surface area contributed by atoms with Crippen molar-refractivity contribution in [3.05, 3.63) is 64.4 Å². The van der Waals surface area contributed by atoms with E-state index < -0.39 is 0 Å². The number of benzene rings is 1. The molecule has 0 spiro atoms. The minimum atomic E-state index is -0.215. The van der Waals surface area contributed by atoms with Gasteiger partial charge in [0.1, 0.15) is 5.75 Å². The lowest BCUT2D eigenvalue weighted by Gasteiger charge is -2.16. The topological polar surface area (TPSA) is 136 Å². The van der Waals surface area contributed by atoms with Gasteiger partial charge in [0.05, 0.1) is 12.0 Å². The summed E-state index contributed by atoms with van der Waals surface area (Å²) in [6.07, 6.45) is 7.33. The average molecular weight is 427 g/mol. The van der Waals surface area contributed by atoms with Gasteiger partial charge in [-0.05, 0) is 63.5 Å². The maximum absolute atomic E-state index is 11.7. The smallest absolute Gasteiger partial charge is 0.267 e. The van der Waals surface area contributed by atoms with E-state index in [0.717, 1.165) is 25.9 Å². The summed E-state index contributed by atoms with van der Waals surface area (Å²) in [5.41, 5.74) is 19.5. The van der Waals surface area contributed by atoms with Gasteiger partial charge in [-0.15, -0.1) is 0 Å². The molecule has 1 aromatic heterocycles. The highest BCUT2D eigenvalue weighted by atomic mass is 16.3. The summed E-state index contributed by atoms with van der Waals surface area (Å²) in [6, 6.07) is 6.55. The zero-order valence-corrected chi connectivity index (χ0v) is 18.8. The summed E-state index contributed by atoms with van der Waals surface area (Å²) < 4.78 is 1.25. The molecule has 0 saturated carbocycles. The molecule has 0 amide bonds. The van der Waals surface area contributed by atoms with Crippen LogP contribution >= 0.6 is 0 Å². The number of phenolic OH excluding ortho intramolecular Hbond substituents is 1. The molecule has 1 saturated heterocycles. The van der Waals surface area contributed by atoms with Gasteiger partial charge in [0.25, 0.3) is 5.56 Å². The maximum Gasteiger partial charge on any atom is 0.267 e. The molecule has 0 unspecified atom stereocenters. The van der Waals surface area contributed by atoms with Crippen molar-refractivity contribution in [1.29, 1.82) is 0 Å². The molecule has 7 N–H and O–H groups in total. The van der Waals surface area contributed by atoms with Crippen molar-refractivity contribution in [3.8, 4) is 16.9 Å². The van der Waals surface area contributed by atoms with Gasteiger partial charge in [-0.1, -0.05) is 6.07 Å². The first-order chi connectivity index (χ1) is 14.5.